The molecule has 0 spiro atoms. The van der Waals surface area contributed by atoms with Crippen molar-refractivity contribution < 1.29 is 4.79 Å². The Bertz CT molecular complexity index is 527. The van der Waals surface area contributed by atoms with Crippen molar-refractivity contribution in [3.05, 3.63) is 35.4 Å². The molecule has 4 nitrogen and oxygen atoms in total. The molecular weight excluding hydrogens is 306 g/mol. The van der Waals surface area contributed by atoms with Gasteiger partial charge in [-0.2, -0.15) is 0 Å². The minimum atomic E-state index is 0.148. The van der Waals surface area contributed by atoms with Gasteiger partial charge in [-0.3, -0.25) is 4.79 Å². The van der Waals surface area contributed by atoms with E-state index in [4.69, 9.17) is 12.2 Å². The molecule has 0 atom stereocenters. The quantitative estimate of drug-likeness (QED) is 0.620. The fourth-order valence-corrected chi connectivity index (χ4v) is 2.89. The van der Waals surface area contributed by atoms with E-state index in [0.717, 1.165) is 56.4 Å². The van der Waals surface area contributed by atoms with Crippen LogP contribution in [-0.4, -0.2) is 35.6 Å². The van der Waals surface area contributed by atoms with Crippen LogP contribution in [0, 0.1) is 0 Å². The number of nitrogens with one attached hydrogen (secondary N) is 2. The van der Waals surface area contributed by atoms with Crippen molar-refractivity contribution in [1.29, 1.82) is 0 Å². The number of amides is 1. The molecule has 0 aliphatic carbocycles. The number of nitrogens with zero attached hydrogens (tertiary/aromatic N) is 1. The molecule has 0 bridgehead atoms. The topological polar surface area (TPSA) is 44.4 Å². The van der Waals surface area contributed by atoms with E-state index in [-0.39, 0.29) is 5.91 Å². The lowest BCUT2D eigenvalue weighted by Gasteiger charge is -2.26. The van der Waals surface area contributed by atoms with E-state index >= 15 is 0 Å². The van der Waals surface area contributed by atoms with Crippen LogP contribution in [0.5, 0.6) is 0 Å². The van der Waals surface area contributed by atoms with Crippen LogP contribution in [0.25, 0.3) is 0 Å². The zero-order chi connectivity index (χ0) is 16.5. The number of hydrogen-bond donors (Lipinski definition) is 2. The fourth-order valence-electron chi connectivity index (χ4n) is 2.72. The van der Waals surface area contributed by atoms with E-state index in [1.165, 1.54) is 6.42 Å². The number of carbonyl (C=O) groups is 1. The Hall–Kier alpha value is -1.62. The predicted molar refractivity (Wildman–Crippen MR) is 98.5 cm³/mol. The second-order valence-electron chi connectivity index (χ2n) is 6.02. The lowest BCUT2D eigenvalue weighted by Crippen LogP contribution is -2.36. The van der Waals surface area contributed by atoms with Gasteiger partial charge >= 0.3 is 0 Å². The molecule has 0 saturated carbocycles. The van der Waals surface area contributed by atoms with Crippen LogP contribution in [-0.2, 0) is 6.54 Å². The van der Waals surface area contributed by atoms with Gasteiger partial charge in [-0.05, 0) is 55.6 Å². The van der Waals surface area contributed by atoms with E-state index in [9.17, 15) is 4.79 Å². The SMILES string of the molecule is CCCCNC(=S)NCc1cccc(C(=O)N2CCCCC2)c1. The molecule has 1 amide bonds. The van der Waals surface area contributed by atoms with Crippen LogP contribution in [0.2, 0.25) is 0 Å². The van der Waals surface area contributed by atoms with Crippen LogP contribution < -0.4 is 10.6 Å². The van der Waals surface area contributed by atoms with Crippen LogP contribution in [0.4, 0.5) is 0 Å². The summed E-state index contributed by atoms with van der Waals surface area (Å²) in [6.45, 7) is 5.46. The highest BCUT2D eigenvalue weighted by molar-refractivity contribution is 7.80. The van der Waals surface area contributed by atoms with E-state index in [1.54, 1.807) is 0 Å². The molecule has 5 heteroatoms. The van der Waals surface area contributed by atoms with Gasteiger partial charge in [0, 0.05) is 31.7 Å². The Morgan fingerprint density at radius 1 is 1.22 bits per heavy atom. The fraction of sp³-hybridized carbons (Fsp3) is 0.556. The summed E-state index contributed by atoms with van der Waals surface area (Å²) in [4.78, 5) is 14.5. The second kappa shape index (κ2) is 9.50. The van der Waals surface area contributed by atoms with E-state index in [1.807, 2.05) is 29.2 Å². The normalized spacial score (nSPS) is 14.4. The highest BCUT2D eigenvalue weighted by atomic mass is 32.1. The summed E-state index contributed by atoms with van der Waals surface area (Å²) in [6, 6.07) is 7.84. The van der Waals surface area contributed by atoms with Crippen molar-refractivity contribution in [3.63, 3.8) is 0 Å². The molecular formula is C18H27N3OS. The van der Waals surface area contributed by atoms with Gasteiger partial charge in [0.25, 0.3) is 5.91 Å². The Kier molecular flexibility index (Phi) is 7.33. The number of piperidine rings is 1. The first kappa shape index (κ1) is 17.7. The first-order valence-electron chi connectivity index (χ1n) is 8.60. The molecule has 0 aromatic heterocycles. The first-order chi connectivity index (χ1) is 11.2. The molecule has 23 heavy (non-hydrogen) atoms. The summed E-state index contributed by atoms with van der Waals surface area (Å²) in [7, 11) is 0. The largest absolute Gasteiger partial charge is 0.363 e. The maximum atomic E-state index is 12.5. The molecule has 1 aromatic carbocycles. The molecule has 1 aliphatic heterocycles. The van der Waals surface area contributed by atoms with E-state index < -0.39 is 0 Å². The standard InChI is InChI=1S/C18H27N3OS/c1-2-3-10-19-18(23)20-14-15-8-7-9-16(13-15)17(22)21-11-5-4-6-12-21/h7-9,13H,2-6,10-12,14H2,1H3,(H2,19,20,23). The molecule has 126 valence electrons. The molecule has 1 saturated heterocycles. The summed E-state index contributed by atoms with van der Waals surface area (Å²) in [5, 5.41) is 7.06. The molecule has 2 N–H and O–H groups in total. The first-order valence-corrected chi connectivity index (χ1v) is 9.01. The second-order valence-corrected chi connectivity index (χ2v) is 6.42. The van der Waals surface area contributed by atoms with Gasteiger partial charge in [0.2, 0.25) is 0 Å². The predicted octanol–water partition coefficient (Wildman–Crippen LogP) is 3.08. The maximum Gasteiger partial charge on any atom is 0.253 e. The Balaban J connectivity index is 1.86. The van der Waals surface area contributed by atoms with E-state index in [2.05, 4.69) is 17.6 Å². The van der Waals surface area contributed by atoms with Crippen molar-refractivity contribution >= 4 is 23.2 Å². The van der Waals surface area contributed by atoms with Gasteiger partial charge in [0.15, 0.2) is 5.11 Å². The Labute approximate surface area is 144 Å². The molecule has 0 unspecified atom stereocenters. The number of benzene rings is 1. The molecule has 1 fully saturated rings. The Morgan fingerprint density at radius 2 is 2.00 bits per heavy atom. The third-order valence-corrected chi connectivity index (χ3v) is 4.37. The van der Waals surface area contributed by atoms with Gasteiger partial charge in [-0.25, -0.2) is 0 Å². The lowest BCUT2D eigenvalue weighted by molar-refractivity contribution is 0.0724. The van der Waals surface area contributed by atoms with Crippen molar-refractivity contribution in [2.45, 2.75) is 45.6 Å². The number of likely N-dealkylation sites (tertiary alicyclic amines) is 1. The van der Waals surface area contributed by atoms with Crippen molar-refractivity contribution in [2.75, 3.05) is 19.6 Å². The molecule has 2 rings (SSSR count). The van der Waals surface area contributed by atoms with Crippen LogP contribution in [0.15, 0.2) is 24.3 Å². The third kappa shape index (κ3) is 5.82. The zero-order valence-corrected chi connectivity index (χ0v) is 14.8. The van der Waals surface area contributed by atoms with Gasteiger partial charge in [0.1, 0.15) is 0 Å². The van der Waals surface area contributed by atoms with Crippen molar-refractivity contribution in [2.24, 2.45) is 0 Å². The Morgan fingerprint density at radius 3 is 2.74 bits per heavy atom. The minimum Gasteiger partial charge on any atom is -0.363 e. The third-order valence-electron chi connectivity index (χ3n) is 4.09. The summed E-state index contributed by atoms with van der Waals surface area (Å²) in [6.07, 6.45) is 5.73. The summed E-state index contributed by atoms with van der Waals surface area (Å²) in [5.74, 6) is 0.148. The summed E-state index contributed by atoms with van der Waals surface area (Å²) in [5.41, 5.74) is 1.85. The van der Waals surface area contributed by atoms with Crippen molar-refractivity contribution in [1.82, 2.24) is 15.5 Å². The van der Waals surface area contributed by atoms with Gasteiger partial charge < -0.3 is 15.5 Å². The van der Waals surface area contributed by atoms with Gasteiger partial charge in [-0.15, -0.1) is 0 Å². The van der Waals surface area contributed by atoms with Crippen LogP contribution in [0.1, 0.15) is 54.9 Å². The molecule has 1 aromatic rings. The van der Waals surface area contributed by atoms with E-state index in [0.29, 0.717) is 11.7 Å². The summed E-state index contributed by atoms with van der Waals surface area (Å²) < 4.78 is 0. The average molecular weight is 334 g/mol. The van der Waals surface area contributed by atoms with Crippen LogP contribution >= 0.6 is 12.2 Å². The van der Waals surface area contributed by atoms with Gasteiger partial charge in [0.05, 0.1) is 0 Å². The number of thiocarbonyl (C=S) groups is 1. The zero-order valence-electron chi connectivity index (χ0n) is 13.9. The number of hydrogen-bond acceptors (Lipinski definition) is 2. The number of rotatable bonds is 6. The van der Waals surface area contributed by atoms with Gasteiger partial charge in [-0.1, -0.05) is 25.5 Å². The van der Waals surface area contributed by atoms with Crippen LogP contribution in [0.3, 0.4) is 0 Å². The maximum absolute atomic E-state index is 12.5. The molecule has 1 heterocycles. The highest BCUT2D eigenvalue weighted by Crippen LogP contribution is 2.14. The number of carbonyl (C=O) groups excluding carboxylic acids is 1. The van der Waals surface area contributed by atoms with Crippen molar-refractivity contribution in [3.8, 4) is 0 Å². The summed E-state index contributed by atoms with van der Waals surface area (Å²) >= 11 is 5.26. The average Bonchev–Trinajstić information content (AvgIpc) is 2.60. The highest BCUT2D eigenvalue weighted by Gasteiger charge is 2.18. The smallest absolute Gasteiger partial charge is 0.253 e. The molecule has 1 aliphatic rings. The number of unbranched alkanes of at least 4 members (excludes halogenated alkanes) is 1. The lowest BCUT2D eigenvalue weighted by atomic mass is 10.1. The minimum absolute atomic E-state index is 0.148. The monoisotopic (exact) mass is 333 g/mol. The molecule has 0 radical (unpaired) electrons.